The van der Waals surface area contributed by atoms with Crippen molar-refractivity contribution in [2.24, 2.45) is 0 Å². The molecule has 1 aromatic heterocycles. The van der Waals surface area contributed by atoms with Crippen molar-refractivity contribution >= 4 is 22.9 Å². The molecule has 9 heteroatoms. The van der Waals surface area contributed by atoms with E-state index in [9.17, 15) is 23.7 Å². The van der Waals surface area contributed by atoms with Crippen LogP contribution in [-0.2, 0) is 6.54 Å². The van der Waals surface area contributed by atoms with Gasteiger partial charge >= 0.3 is 5.69 Å². The molecular weight excluding hydrogens is 304 g/mol. The molecule has 1 heterocycles. The largest absolute Gasteiger partial charge is 0.345 e. The van der Waals surface area contributed by atoms with Crippen LogP contribution in [0.2, 0.25) is 0 Å². The number of aryl methyl sites for hydroxylation is 1. The van der Waals surface area contributed by atoms with Crippen LogP contribution in [0, 0.1) is 28.7 Å². The van der Waals surface area contributed by atoms with E-state index in [0.29, 0.717) is 17.1 Å². The topological polar surface area (TPSA) is 85.1 Å². The van der Waals surface area contributed by atoms with Crippen molar-refractivity contribution in [3.63, 3.8) is 0 Å². The molecule has 0 saturated heterocycles. The highest BCUT2D eigenvalue weighted by atomic mass is 32.1. The number of hydrogen-bond acceptors (Lipinski definition) is 5. The van der Waals surface area contributed by atoms with E-state index in [1.54, 1.807) is 6.20 Å². The first-order chi connectivity index (χ1) is 9.88. The standard InChI is InChI=1S/C12H9F2N3O3S/c1-6-4-15-10(21-6)5-16-12(18)8-2-7(13)3-9(11(8)14)17(19)20/h2-4H,5H2,1H3,(H,16,18). The van der Waals surface area contributed by atoms with E-state index >= 15 is 0 Å². The van der Waals surface area contributed by atoms with Crippen LogP contribution in [0.25, 0.3) is 0 Å². The van der Waals surface area contributed by atoms with Crippen LogP contribution in [0.3, 0.4) is 0 Å². The minimum Gasteiger partial charge on any atom is -0.345 e. The van der Waals surface area contributed by atoms with Gasteiger partial charge in [-0.1, -0.05) is 0 Å². The third-order valence-corrected chi connectivity index (χ3v) is 3.44. The molecule has 0 aliphatic rings. The zero-order valence-electron chi connectivity index (χ0n) is 10.7. The molecule has 0 atom stereocenters. The number of rotatable bonds is 4. The van der Waals surface area contributed by atoms with Crippen LogP contribution in [0.4, 0.5) is 14.5 Å². The van der Waals surface area contributed by atoms with Crippen LogP contribution in [0.1, 0.15) is 20.2 Å². The fourth-order valence-corrected chi connectivity index (χ4v) is 2.33. The molecule has 1 amide bonds. The number of hydrogen-bond donors (Lipinski definition) is 1. The lowest BCUT2D eigenvalue weighted by atomic mass is 10.1. The number of nitrogens with one attached hydrogen (secondary N) is 1. The third kappa shape index (κ3) is 3.37. The molecule has 0 unspecified atom stereocenters. The number of carbonyl (C=O) groups excluding carboxylic acids is 1. The van der Waals surface area contributed by atoms with Gasteiger partial charge in [0.2, 0.25) is 5.82 Å². The van der Waals surface area contributed by atoms with Gasteiger partial charge in [0, 0.05) is 11.1 Å². The van der Waals surface area contributed by atoms with Gasteiger partial charge in [-0.3, -0.25) is 14.9 Å². The number of nitro groups is 1. The summed E-state index contributed by atoms with van der Waals surface area (Å²) in [4.78, 5) is 26.2. The van der Waals surface area contributed by atoms with E-state index < -0.39 is 33.7 Å². The van der Waals surface area contributed by atoms with E-state index in [-0.39, 0.29) is 6.54 Å². The van der Waals surface area contributed by atoms with Crippen molar-refractivity contribution < 1.29 is 18.5 Å². The molecule has 0 aliphatic carbocycles. The van der Waals surface area contributed by atoms with E-state index in [0.717, 1.165) is 4.88 Å². The van der Waals surface area contributed by atoms with E-state index in [1.807, 2.05) is 6.92 Å². The molecule has 0 spiro atoms. The lowest BCUT2D eigenvalue weighted by Gasteiger charge is -2.05. The molecule has 0 radical (unpaired) electrons. The fraction of sp³-hybridized carbons (Fsp3) is 0.167. The summed E-state index contributed by atoms with van der Waals surface area (Å²) in [5.41, 5.74) is -1.79. The molecule has 0 bridgehead atoms. The smallest absolute Gasteiger partial charge is 0.308 e. The lowest BCUT2D eigenvalue weighted by molar-refractivity contribution is -0.387. The highest BCUT2D eigenvalue weighted by Gasteiger charge is 2.24. The van der Waals surface area contributed by atoms with E-state index in [2.05, 4.69) is 10.3 Å². The number of amides is 1. The summed E-state index contributed by atoms with van der Waals surface area (Å²) in [6, 6.07) is 1.04. The summed E-state index contributed by atoms with van der Waals surface area (Å²) in [5, 5.41) is 13.5. The molecule has 0 aliphatic heterocycles. The first-order valence-corrected chi connectivity index (χ1v) is 6.53. The minimum atomic E-state index is -1.37. The molecule has 21 heavy (non-hydrogen) atoms. The van der Waals surface area contributed by atoms with Gasteiger partial charge in [0.05, 0.1) is 23.1 Å². The van der Waals surface area contributed by atoms with Crippen LogP contribution in [0.5, 0.6) is 0 Å². The Morgan fingerprint density at radius 3 is 2.76 bits per heavy atom. The predicted molar refractivity (Wildman–Crippen MR) is 71.0 cm³/mol. The normalized spacial score (nSPS) is 10.4. The Hall–Kier alpha value is -2.42. The second kappa shape index (κ2) is 5.92. The van der Waals surface area contributed by atoms with Gasteiger partial charge in [-0.2, -0.15) is 4.39 Å². The Kier molecular flexibility index (Phi) is 4.22. The first-order valence-electron chi connectivity index (χ1n) is 5.71. The van der Waals surface area contributed by atoms with Gasteiger partial charge in [-0.05, 0) is 13.0 Å². The zero-order valence-corrected chi connectivity index (χ0v) is 11.5. The van der Waals surface area contributed by atoms with Gasteiger partial charge < -0.3 is 5.32 Å². The van der Waals surface area contributed by atoms with Crippen molar-refractivity contribution in [2.45, 2.75) is 13.5 Å². The number of benzene rings is 1. The average molecular weight is 313 g/mol. The van der Waals surface area contributed by atoms with Gasteiger partial charge in [-0.25, -0.2) is 9.37 Å². The summed E-state index contributed by atoms with van der Waals surface area (Å²) in [5.74, 6) is -3.37. The van der Waals surface area contributed by atoms with Crippen molar-refractivity contribution in [2.75, 3.05) is 0 Å². The minimum absolute atomic E-state index is 0.0289. The van der Waals surface area contributed by atoms with Crippen molar-refractivity contribution in [1.29, 1.82) is 0 Å². The van der Waals surface area contributed by atoms with Crippen LogP contribution < -0.4 is 5.32 Å². The van der Waals surface area contributed by atoms with Crippen LogP contribution in [-0.4, -0.2) is 15.8 Å². The van der Waals surface area contributed by atoms with Gasteiger partial charge in [0.25, 0.3) is 5.91 Å². The van der Waals surface area contributed by atoms with E-state index in [1.165, 1.54) is 11.3 Å². The molecule has 1 aromatic carbocycles. The van der Waals surface area contributed by atoms with Crippen molar-refractivity contribution in [1.82, 2.24) is 10.3 Å². The number of carbonyl (C=O) groups is 1. The van der Waals surface area contributed by atoms with Crippen LogP contribution in [0.15, 0.2) is 18.3 Å². The number of aromatic nitrogens is 1. The highest BCUT2D eigenvalue weighted by Crippen LogP contribution is 2.22. The molecule has 0 fully saturated rings. The highest BCUT2D eigenvalue weighted by molar-refractivity contribution is 7.11. The summed E-state index contributed by atoms with van der Waals surface area (Å²) in [6.45, 7) is 1.86. The molecule has 1 N–H and O–H groups in total. The van der Waals surface area contributed by atoms with Gasteiger partial charge in [0.15, 0.2) is 0 Å². The summed E-state index contributed by atoms with van der Waals surface area (Å²) in [6.07, 6.45) is 1.61. The van der Waals surface area contributed by atoms with E-state index in [4.69, 9.17) is 0 Å². The molecule has 110 valence electrons. The molecule has 2 aromatic rings. The maximum absolute atomic E-state index is 13.8. The zero-order chi connectivity index (χ0) is 15.6. The Morgan fingerprint density at radius 2 is 2.19 bits per heavy atom. The first kappa shape index (κ1) is 15.0. The number of nitro benzene ring substituents is 1. The predicted octanol–water partition coefficient (Wildman–Crippen LogP) is 2.57. The Balaban J connectivity index is 2.21. The summed E-state index contributed by atoms with van der Waals surface area (Å²) < 4.78 is 27.0. The Morgan fingerprint density at radius 1 is 1.48 bits per heavy atom. The fourth-order valence-electron chi connectivity index (χ4n) is 1.61. The van der Waals surface area contributed by atoms with Crippen LogP contribution >= 0.6 is 11.3 Å². The Labute approximate surface area is 121 Å². The summed E-state index contributed by atoms with van der Waals surface area (Å²) in [7, 11) is 0. The van der Waals surface area contributed by atoms with Gasteiger partial charge in [-0.15, -0.1) is 11.3 Å². The Bertz CT molecular complexity index is 718. The molecule has 0 saturated carbocycles. The van der Waals surface area contributed by atoms with Gasteiger partial charge in [0.1, 0.15) is 10.8 Å². The average Bonchev–Trinajstić information content (AvgIpc) is 2.83. The monoisotopic (exact) mass is 313 g/mol. The second-order valence-electron chi connectivity index (χ2n) is 4.09. The number of nitrogens with zero attached hydrogens (tertiary/aromatic N) is 2. The lowest BCUT2D eigenvalue weighted by Crippen LogP contribution is -2.24. The van der Waals surface area contributed by atoms with Crippen molar-refractivity contribution in [3.05, 3.63) is 55.5 Å². The maximum Gasteiger partial charge on any atom is 0.308 e. The van der Waals surface area contributed by atoms with Crippen molar-refractivity contribution in [3.8, 4) is 0 Å². The molecular formula is C12H9F2N3O3S. The SMILES string of the molecule is Cc1cnc(CNC(=O)c2cc(F)cc([N+](=O)[O-])c2F)s1. The second-order valence-corrected chi connectivity index (χ2v) is 5.41. The maximum atomic E-state index is 13.8. The quantitative estimate of drug-likeness (QED) is 0.694. The number of thiazole rings is 1. The summed E-state index contributed by atoms with van der Waals surface area (Å²) >= 11 is 1.34. The number of halogens is 2. The molecule has 2 rings (SSSR count). The third-order valence-electron chi connectivity index (χ3n) is 2.53. The molecule has 6 nitrogen and oxygen atoms in total.